The topological polar surface area (TPSA) is 53.5 Å². The molecule has 0 bridgehead atoms. The normalized spacial score (nSPS) is 19.2. The highest BCUT2D eigenvalue weighted by atomic mass is 35.5. The lowest BCUT2D eigenvalue weighted by Crippen LogP contribution is -2.48. The summed E-state index contributed by atoms with van der Waals surface area (Å²) >= 11 is 6.90. The van der Waals surface area contributed by atoms with Crippen LogP contribution in [0.25, 0.3) is 0 Å². The van der Waals surface area contributed by atoms with E-state index in [2.05, 4.69) is 9.88 Å². The molecule has 8 heteroatoms. The largest absolute Gasteiger partial charge is 0.300 e. The third-order valence-electron chi connectivity index (χ3n) is 2.93. The van der Waals surface area contributed by atoms with Crippen LogP contribution in [0.2, 0.25) is 0 Å². The number of alkyl halides is 1. The molecule has 5 nitrogen and oxygen atoms in total. The van der Waals surface area contributed by atoms with Crippen LogP contribution in [-0.4, -0.2) is 61.2 Å². The summed E-state index contributed by atoms with van der Waals surface area (Å²) in [6, 6.07) is 0. The molecular weight excluding hydrogens is 294 g/mol. The summed E-state index contributed by atoms with van der Waals surface area (Å²) in [5.74, 6) is 0.584. The van der Waals surface area contributed by atoms with Crippen molar-refractivity contribution in [2.75, 3.05) is 38.6 Å². The Balaban J connectivity index is 2.05. The first-order valence-corrected chi connectivity index (χ1v) is 8.54. The highest BCUT2D eigenvalue weighted by Crippen LogP contribution is 2.23. The molecule has 1 saturated heterocycles. The highest BCUT2D eigenvalue weighted by Gasteiger charge is 2.29. The van der Waals surface area contributed by atoms with E-state index in [4.69, 9.17) is 11.6 Å². The van der Waals surface area contributed by atoms with Crippen molar-refractivity contribution in [3.63, 3.8) is 0 Å². The number of piperazine rings is 1. The number of halogens is 1. The van der Waals surface area contributed by atoms with Gasteiger partial charge in [-0.25, -0.2) is 13.4 Å². The fourth-order valence-corrected chi connectivity index (χ4v) is 4.83. The molecule has 2 heterocycles. The van der Waals surface area contributed by atoms with Crippen LogP contribution in [0.3, 0.4) is 0 Å². The number of aromatic nitrogens is 1. The minimum atomic E-state index is -3.35. The van der Waals surface area contributed by atoms with Crippen molar-refractivity contribution in [2.24, 2.45) is 0 Å². The second-order valence-electron chi connectivity index (χ2n) is 4.13. The average molecular weight is 310 g/mol. The van der Waals surface area contributed by atoms with Gasteiger partial charge in [0.15, 0.2) is 4.21 Å². The van der Waals surface area contributed by atoms with Crippen molar-refractivity contribution in [1.82, 2.24) is 14.2 Å². The molecule has 2 rings (SSSR count). The fraction of sp³-hybridized carbons (Fsp3) is 0.700. The zero-order chi connectivity index (χ0) is 13.2. The quantitative estimate of drug-likeness (QED) is 0.779. The van der Waals surface area contributed by atoms with Crippen molar-refractivity contribution in [3.05, 3.63) is 11.2 Å². The van der Waals surface area contributed by atoms with E-state index < -0.39 is 10.0 Å². The second kappa shape index (κ2) is 5.83. The molecule has 0 N–H and O–H groups in total. The van der Waals surface area contributed by atoms with Crippen LogP contribution < -0.4 is 0 Å². The first-order valence-electron chi connectivity index (χ1n) is 5.75. The number of hydrogen-bond donors (Lipinski definition) is 0. The number of sulfonamides is 1. The van der Waals surface area contributed by atoms with E-state index in [1.165, 1.54) is 21.8 Å². The lowest BCUT2D eigenvalue weighted by atomic mass is 10.4. The van der Waals surface area contributed by atoms with Crippen molar-refractivity contribution < 1.29 is 8.42 Å². The Labute approximate surface area is 116 Å². The molecular formula is C10H16ClN3O2S2. The first kappa shape index (κ1) is 14.2. The molecule has 1 aliphatic rings. The SMILES string of the molecule is Cc1ncc(S(=O)(=O)N2CCN(CCCl)CC2)s1. The van der Waals surface area contributed by atoms with Crippen molar-refractivity contribution in [3.8, 4) is 0 Å². The molecule has 0 radical (unpaired) electrons. The van der Waals surface area contributed by atoms with Crippen LogP contribution in [-0.2, 0) is 10.0 Å². The number of thiazole rings is 1. The van der Waals surface area contributed by atoms with Crippen LogP contribution in [0, 0.1) is 6.92 Å². The maximum atomic E-state index is 12.3. The van der Waals surface area contributed by atoms with Crippen LogP contribution in [0.5, 0.6) is 0 Å². The van der Waals surface area contributed by atoms with Gasteiger partial charge in [-0.3, -0.25) is 4.90 Å². The number of rotatable bonds is 4. The third kappa shape index (κ3) is 3.03. The van der Waals surface area contributed by atoms with E-state index in [1.807, 2.05) is 6.92 Å². The van der Waals surface area contributed by atoms with E-state index >= 15 is 0 Å². The lowest BCUT2D eigenvalue weighted by molar-refractivity contribution is 0.197. The molecule has 1 aliphatic heterocycles. The zero-order valence-electron chi connectivity index (χ0n) is 10.2. The standard InChI is InChI=1S/C10H16ClN3O2S2/c1-9-12-8-10(17-9)18(15,16)14-6-4-13(3-2-11)5-7-14/h8H,2-7H2,1H3. The molecule has 1 fully saturated rings. The molecule has 1 aromatic heterocycles. The Kier molecular flexibility index (Phi) is 4.60. The van der Waals surface area contributed by atoms with Gasteiger partial charge in [0.25, 0.3) is 10.0 Å². The van der Waals surface area contributed by atoms with E-state index in [0.717, 1.165) is 24.6 Å². The molecule has 102 valence electrons. The molecule has 0 unspecified atom stereocenters. The van der Waals surface area contributed by atoms with E-state index in [1.54, 1.807) is 0 Å². The Morgan fingerprint density at radius 3 is 2.56 bits per heavy atom. The van der Waals surface area contributed by atoms with E-state index in [-0.39, 0.29) is 0 Å². The van der Waals surface area contributed by atoms with Crippen LogP contribution >= 0.6 is 22.9 Å². The summed E-state index contributed by atoms with van der Waals surface area (Å²) in [6.45, 7) is 5.15. The Morgan fingerprint density at radius 1 is 1.39 bits per heavy atom. The summed E-state index contributed by atoms with van der Waals surface area (Å²) in [5, 5.41) is 0.773. The van der Waals surface area contributed by atoms with Gasteiger partial charge in [0.1, 0.15) is 0 Å². The van der Waals surface area contributed by atoms with Crippen LogP contribution in [0.15, 0.2) is 10.4 Å². The van der Waals surface area contributed by atoms with Gasteiger partial charge in [0.05, 0.1) is 11.2 Å². The average Bonchev–Trinajstić information content (AvgIpc) is 2.78. The van der Waals surface area contributed by atoms with E-state index in [0.29, 0.717) is 23.2 Å². The zero-order valence-corrected chi connectivity index (χ0v) is 12.6. The van der Waals surface area contributed by atoms with Crippen LogP contribution in [0.1, 0.15) is 5.01 Å². The van der Waals surface area contributed by atoms with Gasteiger partial charge in [-0.2, -0.15) is 4.31 Å². The maximum absolute atomic E-state index is 12.3. The van der Waals surface area contributed by atoms with E-state index in [9.17, 15) is 8.42 Å². The number of aryl methyl sites for hydroxylation is 1. The smallest absolute Gasteiger partial charge is 0.254 e. The molecule has 0 atom stereocenters. The fourth-order valence-electron chi connectivity index (χ4n) is 1.90. The molecule has 0 amide bonds. The molecule has 18 heavy (non-hydrogen) atoms. The summed E-state index contributed by atoms with van der Waals surface area (Å²) in [6.07, 6.45) is 1.44. The van der Waals surface area contributed by atoms with Gasteiger partial charge in [-0.05, 0) is 6.92 Å². The lowest BCUT2D eigenvalue weighted by Gasteiger charge is -2.33. The second-order valence-corrected chi connectivity index (χ2v) is 7.91. The van der Waals surface area contributed by atoms with Gasteiger partial charge in [-0.15, -0.1) is 22.9 Å². The first-order chi connectivity index (χ1) is 8.54. The highest BCUT2D eigenvalue weighted by molar-refractivity contribution is 7.91. The molecule has 0 saturated carbocycles. The molecule has 0 spiro atoms. The van der Waals surface area contributed by atoms with Crippen molar-refractivity contribution in [1.29, 1.82) is 0 Å². The van der Waals surface area contributed by atoms with Gasteiger partial charge < -0.3 is 0 Å². The van der Waals surface area contributed by atoms with Gasteiger partial charge in [-0.1, -0.05) is 0 Å². The predicted octanol–water partition coefficient (Wildman–Crippen LogP) is 0.997. The Hall–Kier alpha value is -0.210. The minimum Gasteiger partial charge on any atom is -0.300 e. The van der Waals surface area contributed by atoms with Crippen LogP contribution in [0.4, 0.5) is 0 Å². The molecule has 1 aromatic rings. The maximum Gasteiger partial charge on any atom is 0.254 e. The number of hydrogen-bond acceptors (Lipinski definition) is 5. The Morgan fingerprint density at radius 2 is 2.06 bits per heavy atom. The summed E-state index contributed by atoms with van der Waals surface area (Å²) in [4.78, 5) is 6.18. The van der Waals surface area contributed by atoms with Crippen molar-refractivity contribution >= 4 is 33.0 Å². The van der Waals surface area contributed by atoms with Gasteiger partial charge >= 0.3 is 0 Å². The summed E-state index contributed by atoms with van der Waals surface area (Å²) < 4.78 is 26.5. The predicted molar refractivity (Wildman–Crippen MR) is 72.8 cm³/mol. The monoisotopic (exact) mass is 309 g/mol. The number of nitrogens with zero attached hydrogens (tertiary/aromatic N) is 3. The molecule has 0 aromatic carbocycles. The van der Waals surface area contributed by atoms with Gasteiger partial charge in [0, 0.05) is 38.6 Å². The summed E-state index contributed by atoms with van der Waals surface area (Å²) in [7, 11) is -3.35. The molecule has 0 aliphatic carbocycles. The van der Waals surface area contributed by atoms with Gasteiger partial charge in [0.2, 0.25) is 0 Å². The Bertz CT molecular complexity index is 495. The van der Waals surface area contributed by atoms with Crippen molar-refractivity contribution in [2.45, 2.75) is 11.1 Å². The minimum absolute atomic E-state index is 0.339. The third-order valence-corrected chi connectivity index (χ3v) is 6.34. The summed E-state index contributed by atoms with van der Waals surface area (Å²) in [5.41, 5.74) is 0.